The minimum Gasteiger partial charge on any atom is -0.0613 e. The van der Waals surface area contributed by atoms with Crippen molar-refractivity contribution in [2.75, 3.05) is 0 Å². The van der Waals surface area contributed by atoms with Crippen molar-refractivity contribution in [3.63, 3.8) is 0 Å². The summed E-state index contributed by atoms with van der Waals surface area (Å²) in [7, 11) is 0. The van der Waals surface area contributed by atoms with Crippen molar-refractivity contribution in [3.05, 3.63) is 34.4 Å². The maximum absolute atomic E-state index is 3.31. The van der Waals surface area contributed by atoms with E-state index < -0.39 is 0 Å². The summed E-state index contributed by atoms with van der Waals surface area (Å²) in [5.74, 6) is 0. The van der Waals surface area contributed by atoms with Gasteiger partial charge in [-0.25, -0.2) is 0 Å². The molecule has 0 unspecified atom stereocenters. The molecule has 0 fully saturated rings. The molecule has 0 aliphatic heterocycles. The van der Waals surface area contributed by atoms with Crippen LogP contribution in [0.15, 0.2) is 6.07 Å². The first kappa shape index (κ1) is 9.31. The molecule has 0 atom stereocenters. The third-order valence-electron chi connectivity index (χ3n) is 2.58. The van der Waals surface area contributed by atoms with E-state index in [-0.39, 0.29) is 0 Å². The molecule has 65 valence electrons. The third-order valence-corrected chi connectivity index (χ3v) is 2.58. The summed E-state index contributed by atoms with van der Waals surface area (Å²) in [6.07, 6.45) is 2.25. The summed E-state index contributed by atoms with van der Waals surface area (Å²) in [6.45, 7) is 8.78. The minimum atomic E-state index is 1.12. The smallest absolute Gasteiger partial charge is 0.0146 e. The van der Waals surface area contributed by atoms with Crippen molar-refractivity contribution >= 4 is 0 Å². The van der Waals surface area contributed by atoms with Crippen molar-refractivity contribution in [1.29, 1.82) is 0 Å². The van der Waals surface area contributed by atoms with Gasteiger partial charge in [0.25, 0.3) is 0 Å². The summed E-state index contributed by atoms with van der Waals surface area (Å²) < 4.78 is 0. The zero-order chi connectivity index (χ0) is 9.14. The van der Waals surface area contributed by atoms with Crippen molar-refractivity contribution in [2.24, 2.45) is 0 Å². The molecule has 0 aromatic heterocycles. The monoisotopic (exact) mass is 161 g/mol. The van der Waals surface area contributed by atoms with E-state index in [1.165, 1.54) is 22.3 Å². The van der Waals surface area contributed by atoms with Gasteiger partial charge in [0, 0.05) is 0 Å². The van der Waals surface area contributed by atoms with Gasteiger partial charge in [-0.3, -0.25) is 0 Å². The Bertz CT molecular complexity index is 272. The van der Waals surface area contributed by atoms with Crippen LogP contribution in [0, 0.1) is 19.9 Å². The number of hydrogen-bond donors (Lipinski definition) is 0. The van der Waals surface area contributed by atoms with Crippen molar-refractivity contribution < 1.29 is 0 Å². The molecule has 0 heterocycles. The van der Waals surface area contributed by atoms with Crippen LogP contribution in [-0.2, 0) is 12.8 Å². The minimum absolute atomic E-state index is 1.12. The van der Waals surface area contributed by atoms with Gasteiger partial charge in [0.05, 0.1) is 0 Å². The number of benzene rings is 1. The SMILES string of the molecule is CCc1c[c]c(C)c(CC)c1C. The molecule has 0 amide bonds. The van der Waals surface area contributed by atoms with Crippen LogP contribution < -0.4 is 0 Å². The first-order chi connectivity index (χ1) is 5.70. The standard InChI is InChI=1S/C12H17/c1-5-11-8-7-9(3)12(6-2)10(11)4/h8H,5-6H2,1-4H3. The number of aryl methyl sites for hydroxylation is 2. The van der Waals surface area contributed by atoms with Gasteiger partial charge in [-0.15, -0.1) is 0 Å². The topological polar surface area (TPSA) is 0 Å². The molecule has 0 saturated heterocycles. The molecule has 0 bridgehead atoms. The Kier molecular flexibility index (Phi) is 2.91. The lowest BCUT2D eigenvalue weighted by molar-refractivity contribution is 1.02. The average Bonchev–Trinajstić information content (AvgIpc) is 2.06. The van der Waals surface area contributed by atoms with Crippen LogP contribution >= 0.6 is 0 Å². The van der Waals surface area contributed by atoms with Gasteiger partial charge in [0.2, 0.25) is 0 Å². The van der Waals surface area contributed by atoms with E-state index in [1.807, 2.05) is 0 Å². The van der Waals surface area contributed by atoms with Crippen LogP contribution in [0.5, 0.6) is 0 Å². The fourth-order valence-electron chi connectivity index (χ4n) is 1.76. The van der Waals surface area contributed by atoms with Gasteiger partial charge in [-0.1, -0.05) is 19.9 Å². The van der Waals surface area contributed by atoms with Crippen LogP contribution in [-0.4, -0.2) is 0 Å². The van der Waals surface area contributed by atoms with E-state index in [1.54, 1.807) is 0 Å². The van der Waals surface area contributed by atoms with Gasteiger partial charge < -0.3 is 0 Å². The maximum atomic E-state index is 3.31. The summed E-state index contributed by atoms with van der Waals surface area (Å²) in [4.78, 5) is 0. The molecule has 0 spiro atoms. The maximum Gasteiger partial charge on any atom is -0.0146 e. The molecular formula is C12H17. The number of rotatable bonds is 2. The molecule has 1 radical (unpaired) electrons. The van der Waals surface area contributed by atoms with Crippen LogP contribution in [0.3, 0.4) is 0 Å². The lowest BCUT2D eigenvalue weighted by Gasteiger charge is -2.10. The molecule has 1 rings (SSSR count). The van der Waals surface area contributed by atoms with Gasteiger partial charge in [0.15, 0.2) is 0 Å². The van der Waals surface area contributed by atoms with E-state index in [9.17, 15) is 0 Å². The van der Waals surface area contributed by atoms with E-state index in [4.69, 9.17) is 0 Å². The fraction of sp³-hybridized carbons (Fsp3) is 0.500. The second-order valence-electron chi connectivity index (χ2n) is 3.25. The average molecular weight is 161 g/mol. The Hall–Kier alpha value is -0.780. The van der Waals surface area contributed by atoms with Gasteiger partial charge in [0.1, 0.15) is 0 Å². The Morgan fingerprint density at radius 3 is 2.33 bits per heavy atom. The molecule has 0 saturated carbocycles. The molecule has 1 aromatic rings. The van der Waals surface area contributed by atoms with E-state index in [2.05, 4.69) is 39.8 Å². The summed E-state index contributed by atoms with van der Waals surface area (Å²) in [5, 5.41) is 0. The van der Waals surface area contributed by atoms with Crippen molar-refractivity contribution in [3.8, 4) is 0 Å². The Morgan fingerprint density at radius 2 is 1.83 bits per heavy atom. The summed E-state index contributed by atoms with van der Waals surface area (Å²) in [5.41, 5.74) is 5.70. The Morgan fingerprint density at radius 1 is 1.17 bits per heavy atom. The van der Waals surface area contributed by atoms with Crippen molar-refractivity contribution in [2.45, 2.75) is 40.5 Å². The molecule has 0 heteroatoms. The quantitative estimate of drug-likeness (QED) is 0.624. The summed E-state index contributed by atoms with van der Waals surface area (Å²) in [6, 6.07) is 5.44. The lowest BCUT2D eigenvalue weighted by atomic mass is 9.95. The predicted molar refractivity (Wildman–Crippen MR) is 53.5 cm³/mol. The normalized spacial score (nSPS) is 10.3. The highest BCUT2D eigenvalue weighted by Crippen LogP contribution is 2.18. The highest BCUT2D eigenvalue weighted by molar-refractivity contribution is 5.38. The summed E-state index contributed by atoms with van der Waals surface area (Å²) >= 11 is 0. The molecule has 0 aliphatic rings. The first-order valence-corrected chi connectivity index (χ1v) is 4.70. The highest BCUT2D eigenvalue weighted by atomic mass is 14.1. The van der Waals surface area contributed by atoms with Gasteiger partial charge in [-0.2, -0.15) is 0 Å². The Labute approximate surface area is 75.6 Å². The van der Waals surface area contributed by atoms with Crippen LogP contribution in [0.1, 0.15) is 36.1 Å². The third kappa shape index (κ3) is 1.52. The van der Waals surface area contributed by atoms with E-state index >= 15 is 0 Å². The second kappa shape index (κ2) is 3.75. The number of hydrogen-bond acceptors (Lipinski definition) is 0. The highest BCUT2D eigenvalue weighted by Gasteiger charge is 2.03. The second-order valence-corrected chi connectivity index (χ2v) is 3.25. The van der Waals surface area contributed by atoms with Crippen LogP contribution in [0.2, 0.25) is 0 Å². The van der Waals surface area contributed by atoms with Crippen LogP contribution in [0.4, 0.5) is 0 Å². The predicted octanol–water partition coefficient (Wildman–Crippen LogP) is 3.23. The zero-order valence-corrected chi connectivity index (χ0v) is 8.49. The largest absolute Gasteiger partial charge is 0.0613 e. The van der Waals surface area contributed by atoms with Gasteiger partial charge in [-0.05, 0) is 55.0 Å². The first-order valence-electron chi connectivity index (χ1n) is 4.70. The molecular weight excluding hydrogens is 144 g/mol. The molecule has 0 aliphatic carbocycles. The molecule has 12 heavy (non-hydrogen) atoms. The fourth-order valence-corrected chi connectivity index (χ4v) is 1.76. The van der Waals surface area contributed by atoms with E-state index in [0.29, 0.717) is 0 Å². The lowest BCUT2D eigenvalue weighted by Crippen LogP contribution is -1.96. The molecule has 1 aromatic carbocycles. The Balaban J connectivity index is 3.24. The molecule has 0 nitrogen and oxygen atoms in total. The van der Waals surface area contributed by atoms with E-state index in [0.717, 1.165) is 12.8 Å². The molecule has 0 N–H and O–H groups in total. The van der Waals surface area contributed by atoms with Gasteiger partial charge >= 0.3 is 0 Å². The van der Waals surface area contributed by atoms with Crippen molar-refractivity contribution in [1.82, 2.24) is 0 Å². The van der Waals surface area contributed by atoms with Crippen LogP contribution in [0.25, 0.3) is 0 Å². The zero-order valence-electron chi connectivity index (χ0n) is 8.49.